The van der Waals surface area contributed by atoms with Gasteiger partial charge in [0.15, 0.2) is 0 Å². The second kappa shape index (κ2) is 7.20. The maximum absolute atomic E-state index is 13.7. The number of benzene rings is 1. The lowest BCUT2D eigenvalue weighted by molar-refractivity contribution is -0.144. The lowest BCUT2D eigenvalue weighted by Crippen LogP contribution is -2.45. The van der Waals surface area contributed by atoms with E-state index in [9.17, 15) is 28.0 Å². The van der Waals surface area contributed by atoms with Gasteiger partial charge in [0, 0.05) is 12.1 Å². The largest absolute Gasteiger partial charge is 0.334 e. The van der Waals surface area contributed by atoms with Crippen LogP contribution in [0.5, 0.6) is 0 Å². The monoisotopic (exact) mass is 405 g/mol. The SMILES string of the molecule is C[C@H]([C@@H]1C[C@H]2CC[C@H]1C2)N1C(=O)C(=O)N(CC(=O)Nc2ccc(F)cc2F)C1=O. The van der Waals surface area contributed by atoms with Gasteiger partial charge in [0.1, 0.15) is 18.2 Å². The maximum atomic E-state index is 13.7. The molecule has 1 heterocycles. The molecule has 5 amide bonds. The number of carbonyl (C=O) groups excluding carboxylic acids is 4. The highest BCUT2D eigenvalue weighted by Gasteiger charge is 2.52. The number of anilines is 1. The minimum Gasteiger partial charge on any atom is -0.322 e. The minimum atomic E-state index is -1.07. The zero-order valence-electron chi connectivity index (χ0n) is 15.9. The molecule has 29 heavy (non-hydrogen) atoms. The smallest absolute Gasteiger partial charge is 0.322 e. The molecule has 1 aromatic carbocycles. The normalized spacial score (nSPS) is 27.1. The van der Waals surface area contributed by atoms with Crippen molar-refractivity contribution >= 4 is 29.4 Å². The fourth-order valence-electron chi connectivity index (χ4n) is 5.02. The van der Waals surface area contributed by atoms with Gasteiger partial charge in [-0.1, -0.05) is 6.42 Å². The van der Waals surface area contributed by atoms with E-state index in [-0.39, 0.29) is 11.6 Å². The van der Waals surface area contributed by atoms with E-state index in [4.69, 9.17) is 0 Å². The zero-order valence-corrected chi connectivity index (χ0v) is 15.9. The number of hydrogen-bond donors (Lipinski definition) is 1. The molecule has 0 aromatic heterocycles. The molecule has 4 rings (SSSR count). The molecule has 4 atom stereocenters. The average Bonchev–Trinajstić information content (AvgIpc) is 3.35. The Morgan fingerprint density at radius 3 is 2.55 bits per heavy atom. The Kier molecular flexibility index (Phi) is 4.84. The summed E-state index contributed by atoms with van der Waals surface area (Å²) in [7, 11) is 0. The first-order valence-corrected chi connectivity index (χ1v) is 9.70. The number of imide groups is 2. The molecule has 0 unspecified atom stereocenters. The van der Waals surface area contributed by atoms with Crippen LogP contribution in [0, 0.1) is 29.4 Å². The van der Waals surface area contributed by atoms with Crippen LogP contribution in [-0.4, -0.2) is 46.1 Å². The molecule has 3 fully saturated rings. The lowest BCUT2D eigenvalue weighted by atomic mass is 9.83. The standard InChI is InChI=1S/C20H21F2N3O4/c1-10(14-7-11-2-3-12(14)6-11)25-19(28)18(27)24(20(25)29)9-17(26)23-16-5-4-13(21)8-15(16)22/h4-5,8,10-12,14H,2-3,6-7,9H2,1H3,(H,23,26)/t10-,11+,12+,14+/m1/s1. The Balaban J connectivity index is 1.44. The van der Waals surface area contributed by atoms with Gasteiger partial charge in [-0.25, -0.2) is 18.5 Å². The second-order valence-corrected chi connectivity index (χ2v) is 8.10. The summed E-state index contributed by atoms with van der Waals surface area (Å²) in [6, 6.07) is 1.35. The number of hydrogen-bond acceptors (Lipinski definition) is 4. The van der Waals surface area contributed by atoms with Crippen molar-refractivity contribution in [3.8, 4) is 0 Å². The second-order valence-electron chi connectivity index (χ2n) is 8.10. The molecule has 3 aliphatic rings. The third kappa shape index (κ3) is 3.38. The van der Waals surface area contributed by atoms with Gasteiger partial charge in [-0.15, -0.1) is 0 Å². The van der Waals surface area contributed by atoms with Crippen molar-refractivity contribution in [1.29, 1.82) is 0 Å². The number of amides is 5. The van der Waals surface area contributed by atoms with E-state index in [1.54, 1.807) is 6.92 Å². The van der Waals surface area contributed by atoms with Gasteiger partial charge in [0.2, 0.25) is 5.91 Å². The van der Waals surface area contributed by atoms with Crippen LogP contribution < -0.4 is 5.32 Å². The van der Waals surface area contributed by atoms with Gasteiger partial charge >= 0.3 is 17.8 Å². The van der Waals surface area contributed by atoms with E-state index < -0.39 is 48.0 Å². The topological polar surface area (TPSA) is 86.8 Å². The fraction of sp³-hybridized carbons (Fsp3) is 0.500. The average molecular weight is 405 g/mol. The van der Waals surface area contributed by atoms with Crippen molar-refractivity contribution in [1.82, 2.24) is 9.80 Å². The van der Waals surface area contributed by atoms with Crippen LogP contribution >= 0.6 is 0 Å². The van der Waals surface area contributed by atoms with Gasteiger partial charge in [-0.05, 0) is 56.1 Å². The Hall–Kier alpha value is -2.84. The summed E-state index contributed by atoms with van der Waals surface area (Å²) in [5.74, 6) is -3.43. The number of urea groups is 1. The van der Waals surface area contributed by atoms with Crippen molar-refractivity contribution in [3.05, 3.63) is 29.8 Å². The Morgan fingerprint density at radius 1 is 1.17 bits per heavy atom. The van der Waals surface area contributed by atoms with Crippen LogP contribution in [0.3, 0.4) is 0 Å². The van der Waals surface area contributed by atoms with E-state index in [1.807, 2.05) is 0 Å². The van der Waals surface area contributed by atoms with Crippen molar-refractivity contribution in [3.63, 3.8) is 0 Å². The lowest BCUT2D eigenvalue weighted by Gasteiger charge is -2.32. The highest BCUT2D eigenvalue weighted by atomic mass is 19.1. The Bertz CT molecular complexity index is 906. The van der Waals surface area contributed by atoms with Gasteiger partial charge < -0.3 is 5.32 Å². The molecule has 2 bridgehead atoms. The molecule has 7 nitrogen and oxygen atoms in total. The van der Waals surface area contributed by atoms with Gasteiger partial charge in [-0.2, -0.15) is 0 Å². The van der Waals surface area contributed by atoms with E-state index in [2.05, 4.69) is 5.32 Å². The van der Waals surface area contributed by atoms with E-state index in [1.165, 1.54) is 6.42 Å². The van der Waals surface area contributed by atoms with Crippen LogP contribution in [0.25, 0.3) is 0 Å². The molecule has 1 aromatic rings. The van der Waals surface area contributed by atoms with Crippen LogP contribution in [0.4, 0.5) is 19.3 Å². The third-order valence-corrected chi connectivity index (χ3v) is 6.41. The van der Waals surface area contributed by atoms with Crippen LogP contribution in [-0.2, 0) is 14.4 Å². The number of carbonyl (C=O) groups is 4. The third-order valence-electron chi connectivity index (χ3n) is 6.41. The summed E-state index contributed by atoms with van der Waals surface area (Å²) >= 11 is 0. The van der Waals surface area contributed by atoms with Crippen LogP contribution in [0.15, 0.2) is 18.2 Å². The van der Waals surface area contributed by atoms with Crippen LogP contribution in [0.2, 0.25) is 0 Å². The van der Waals surface area contributed by atoms with Crippen molar-refractivity contribution in [2.45, 2.75) is 38.6 Å². The molecule has 1 N–H and O–H groups in total. The highest BCUT2D eigenvalue weighted by Crippen LogP contribution is 2.50. The number of halogens is 2. The summed E-state index contributed by atoms with van der Waals surface area (Å²) in [4.78, 5) is 51.2. The summed E-state index contributed by atoms with van der Waals surface area (Å²) in [6.07, 6.45) is 4.26. The molecule has 2 aliphatic carbocycles. The minimum absolute atomic E-state index is 0.163. The number of nitrogens with zero attached hydrogens (tertiary/aromatic N) is 2. The predicted molar refractivity (Wildman–Crippen MR) is 97.3 cm³/mol. The molecule has 1 aliphatic heterocycles. The van der Waals surface area contributed by atoms with Crippen molar-refractivity contribution < 1.29 is 28.0 Å². The van der Waals surface area contributed by atoms with Gasteiger partial charge in [0.25, 0.3) is 0 Å². The molecule has 154 valence electrons. The fourth-order valence-corrected chi connectivity index (χ4v) is 5.02. The van der Waals surface area contributed by atoms with E-state index in [0.29, 0.717) is 22.8 Å². The van der Waals surface area contributed by atoms with E-state index in [0.717, 1.165) is 36.3 Å². The van der Waals surface area contributed by atoms with Gasteiger partial charge in [-0.3, -0.25) is 19.3 Å². The first-order valence-electron chi connectivity index (χ1n) is 9.70. The van der Waals surface area contributed by atoms with Crippen LogP contribution in [0.1, 0.15) is 32.6 Å². The quantitative estimate of drug-likeness (QED) is 0.603. The zero-order chi connectivity index (χ0) is 20.9. The molecule has 9 heteroatoms. The number of fused-ring (bicyclic) bond motifs is 2. The van der Waals surface area contributed by atoms with E-state index >= 15 is 0 Å². The highest BCUT2D eigenvalue weighted by molar-refractivity contribution is 6.45. The van der Waals surface area contributed by atoms with Crippen molar-refractivity contribution in [2.24, 2.45) is 17.8 Å². The van der Waals surface area contributed by atoms with Crippen molar-refractivity contribution in [2.75, 3.05) is 11.9 Å². The molecular formula is C20H21F2N3O4. The molecule has 0 spiro atoms. The molecular weight excluding hydrogens is 384 g/mol. The predicted octanol–water partition coefficient (Wildman–Crippen LogP) is 2.52. The summed E-state index contributed by atoms with van der Waals surface area (Å²) in [6.45, 7) is 1.05. The number of nitrogens with one attached hydrogen (secondary N) is 1. The number of rotatable bonds is 5. The van der Waals surface area contributed by atoms with Gasteiger partial charge in [0.05, 0.1) is 5.69 Å². The first-order chi connectivity index (χ1) is 13.8. The summed E-state index contributed by atoms with van der Waals surface area (Å²) in [5, 5.41) is 2.18. The Labute approximate surface area is 166 Å². The summed E-state index contributed by atoms with van der Waals surface area (Å²) in [5.41, 5.74) is -0.283. The molecule has 1 saturated heterocycles. The summed E-state index contributed by atoms with van der Waals surface area (Å²) < 4.78 is 26.7. The Morgan fingerprint density at radius 2 is 1.93 bits per heavy atom. The molecule has 0 radical (unpaired) electrons. The first kappa shape index (κ1) is 19.5. The molecule has 2 saturated carbocycles. The maximum Gasteiger partial charge on any atom is 0.334 e.